The minimum absolute atomic E-state index is 0.0461. The Morgan fingerprint density at radius 2 is 1.59 bits per heavy atom. The van der Waals surface area contributed by atoms with Crippen LogP contribution in [0.2, 0.25) is 0 Å². The Kier molecular flexibility index (Phi) is 5.61. The van der Waals surface area contributed by atoms with Crippen LogP contribution >= 0.6 is 0 Å². The molecule has 0 atom stereocenters. The third kappa shape index (κ3) is 4.79. The largest absolute Gasteiger partial charge is 0.455 e. The monoisotopic (exact) mass is 361 g/mol. The summed E-state index contributed by atoms with van der Waals surface area (Å²) in [6.07, 6.45) is 0.0991. The maximum Gasteiger partial charge on any atom is 0.310 e. The highest BCUT2D eigenvalue weighted by Gasteiger charge is 2.11. The van der Waals surface area contributed by atoms with Gasteiger partial charge in [-0.3, -0.25) is 14.4 Å². The van der Waals surface area contributed by atoms with Crippen molar-refractivity contribution in [1.82, 2.24) is 0 Å². The fourth-order valence-corrected chi connectivity index (χ4v) is 2.78. The first-order valence-corrected chi connectivity index (χ1v) is 8.56. The van der Waals surface area contributed by atoms with Crippen LogP contribution in [0.1, 0.15) is 22.8 Å². The Hall–Kier alpha value is -3.47. The molecular weight excluding hydrogens is 342 g/mol. The van der Waals surface area contributed by atoms with E-state index in [1.54, 1.807) is 24.3 Å². The Labute approximate surface area is 157 Å². The summed E-state index contributed by atoms with van der Waals surface area (Å²) in [7, 11) is 0. The van der Waals surface area contributed by atoms with E-state index in [-0.39, 0.29) is 18.8 Å². The Morgan fingerprint density at radius 1 is 0.889 bits per heavy atom. The van der Waals surface area contributed by atoms with Gasteiger partial charge in [0.25, 0.3) is 5.91 Å². The zero-order chi connectivity index (χ0) is 19.2. The van der Waals surface area contributed by atoms with Crippen molar-refractivity contribution in [2.24, 2.45) is 0 Å². The van der Waals surface area contributed by atoms with Gasteiger partial charge in [-0.15, -0.1) is 0 Å². The molecule has 0 spiro atoms. The first-order valence-electron chi connectivity index (χ1n) is 8.56. The lowest BCUT2D eigenvalue weighted by atomic mass is 10.0. The molecule has 0 heterocycles. The van der Waals surface area contributed by atoms with Gasteiger partial charge in [-0.2, -0.15) is 0 Å². The van der Waals surface area contributed by atoms with Gasteiger partial charge in [-0.05, 0) is 47.5 Å². The molecule has 0 bridgehead atoms. The van der Waals surface area contributed by atoms with E-state index in [0.717, 1.165) is 16.3 Å². The van der Waals surface area contributed by atoms with E-state index in [9.17, 15) is 14.4 Å². The molecule has 0 saturated carbocycles. The number of esters is 1. The molecule has 5 nitrogen and oxygen atoms in total. The van der Waals surface area contributed by atoms with Gasteiger partial charge >= 0.3 is 5.97 Å². The van der Waals surface area contributed by atoms with Crippen LogP contribution in [0.25, 0.3) is 10.8 Å². The maximum atomic E-state index is 12.1. The van der Waals surface area contributed by atoms with Crippen molar-refractivity contribution < 1.29 is 19.1 Å². The minimum Gasteiger partial charge on any atom is -0.455 e. The third-order valence-corrected chi connectivity index (χ3v) is 4.15. The summed E-state index contributed by atoms with van der Waals surface area (Å²) >= 11 is 0. The van der Waals surface area contributed by atoms with Gasteiger partial charge in [-0.1, -0.05) is 42.5 Å². The Morgan fingerprint density at radius 3 is 2.33 bits per heavy atom. The van der Waals surface area contributed by atoms with Gasteiger partial charge in [0.15, 0.2) is 12.4 Å². The second kappa shape index (κ2) is 8.27. The number of anilines is 1. The van der Waals surface area contributed by atoms with Crippen LogP contribution in [0.4, 0.5) is 5.69 Å². The number of ether oxygens (including phenoxy) is 1. The second-order valence-corrected chi connectivity index (χ2v) is 6.16. The number of hydrogen-bond acceptors (Lipinski definition) is 4. The second-order valence-electron chi connectivity index (χ2n) is 6.16. The van der Waals surface area contributed by atoms with Crippen LogP contribution in [0.3, 0.4) is 0 Å². The van der Waals surface area contributed by atoms with Crippen molar-refractivity contribution in [2.75, 3.05) is 11.9 Å². The number of ketones is 1. The normalized spacial score (nSPS) is 10.4. The Bertz CT molecular complexity index is 987. The van der Waals surface area contributed by atoms with E-state index >= 15 is 0 Å². The number of Topliss-reactive ketones (excluding diaryl/α,β-unsaturated/α-hetero) is 1. The van der Waals surface area contributed by atoms with Crippen molar-refractivity contribution in [3.63, 3.8) is 0 Å². The van der Waals surface area contributed by atoms with E-state index in [2.05, 4.69) is 5.32 Å². The smallest absolute Gasteiger partial charge is 0.310 e. The molecule has 3 rings (SSSR count). The summed E-state index contributed by atoms with van der Waals surface area (Å²) in [6.45, 7) is 1.11. The van der Waals surface area contributed by atoms with Crippen LogP contribution in [-0.4, -0.2) is 24.3 Å². The summed E-state index contributed by atoms with van der Waals surface area (Å²) in [4.78, 5) is 35.3. The van der Waals surface area contributed by atoms with Gasteiger partial charge < -0.3 is 10.1 Å². The number of fused-ring (bicyclic) bond motifs is 1. The predicted octanol–water partition coefficient (Wildman–Crippen LogP) is 3.77. The zero-order valence-corrected chi connectivity index (χ0v) is 14.9. The first kappa shape index (κ1) is 18.3. The van der Waals surface area contributed by atoms with Crippen LogP contribution in [0.5, 0.6) is 0 Å². The molecule has 136 valence electrons. The summed E-state index contributed by atoms with van der Waals surface area (Å²) in [5.41, 5.74) is 1.96. The number of rotatable bonds is 6. The van der Waals surface area contributed by atoms with Crippen molar-refractivity contribution in [2.45, 2.75) is 13.3 Å². The molecule has 0 saturated heterocycles. The standard InChI is InChI=1S/C22H19NO4/c1-15(24)16-9-11-19(12-10-16)23-21(25)14-27-22(26)13-18-7-4-6-17-5-2-3-8-20(17)18/h2-12H,13-14H2,1H3,(H,23,25). The number of amides is 1. The number of nitrogens with one attached hydrogen (secondary N) is 1. The van der Waals surface area contributed by atoms with Crippen molar-refractivity contribution >= 4 is 34.1 Å². The van der Waals surface area contributed by atoms with Crippen LogP contribution < -0.4 is 5.32 Å². The predicted molar refractivity (Wildman–Crippen MR) is 104 cm³/mol. The van der Waals surface area contributed by atoms with Gasteiger partial charge in [0.05, 0.1) is 6.42 Å². The molecule has 3 aromatic carbocycles. The molecule has 0 radical (unpaired) electrons. The summed E-state index contributed by atoms with van der Waals surface area (Å²) in [6, 6.07) is 20.1. The van der Waals surface area contributed by atoms with Crippen LogP contribution in [0.15, 0.2) is 66.7 Å². The van der Waals surface area contributed by atoms with Crippen molar-refractivity contribution in [1.29, 1.82) is 0 Å². The molecule has 0 aliphatic carbocycles. The van der Waals surface area contributed by atoms with Crippen LogP contribution in [-0.2, 0) is 20.7 Å². The number of carbonyl (C=O) groups excluding carboxylic acids is 3. The number of hydrogen-bond donors (Lipinski definition) is 1. The average Bonchev–Trinajstić information content (AvgIpc) is 2.67. The van der Waals surface area contributed by atoms with E-state index in [1.165, 1.54) is 6.92 Å². The lowest BCUT2D eigenvalue weighted by Gasteiger charge is -2.08. The fourth-order valence-electron chi connectivity index (χ4n) is 2.78. The minimum atomic E-state index is -0.464. The fraction of sp³-hybridized carbons (Fsp3) is 0.136. The number of carbonyl (C=O) groups is 3. The van der Waals surface area contributed by atoms with Crippen molar-refractivity contribution in [3.8, 4) is 0 Å². The average molecular weight is 361 g/mol. The highest BCUT2D eigenvalue weighted by atomic mass is 16.5. The van der Waals surface area contributed by atoms with Gasteiger partial charge in [0.1, 0.15) is 0 Å². The Balaban J connectivity index is 1.54. The molecule has 3 aromatic rings. The lowest BCUT2D eigenvalue weighted by molar-refractivity contribution is -0.146. The van der Waals surface area contributed by atoms with Crippen molar-refractivity contribution in [3.05, 3.63) is 77.9 Å². The molecule has 0 unspecified atom stereocenters. The summed E-state index contributed by atoms with van der Waals surface area (Å²) in [5.74, 6) is -0.944. The maximum absolute atomic E-state index is 12.1. The lowest BCUT2D eigenvalue weighted by Crippen LogP contribution is -2.21. The van der Waals surface area contributed by atoms with Crippen LogP contribution in [0, 0.1) is 0 Å². The highest BCUT2D eigenvalue weighted by molar-refractivity contribution is 5.96. The molecule has 0 aliphatic heterocycles. The molecule has 0 fully saturated rings. The molecular formula is C22H19NO4. The SMILES string of the molecule is CC(=O)c1ccc(NC(=O)COC(=O)Cc2cccc3ccccc23)cc1. The van der Waals surface area contributed by atoms with Gasteiger partial charge in [0, 0.05) is 11.3 Å². The molecule has 5 heteroatoms. The molecule has 1 amide bonds. The van der Waals surface area contributed by atoms with E-state index < -0.39 is 11.9 Å². The molecule has 0 aromatic heterocycles. The third-order valence-electron chi connectivity index (χ3n) is 4.15. The van der Waals surface area contributed by atoms with E-state index in [4.69, 9.17) is 4.74 Å². The van der Waals surface area contributed by atoms with Gasteiger partial charge in [0.2, 0.25) is 0 Å². The quantitative estimate of drug-likeness (QED) is 0.536. The molecule has 27 heavy (non-hydrogen) atoms. The summed E-state index contributed by atoms with van der Waals surface area (Å²) in [5, 5.41) is 4.67. The van der Waals surface area contributed by atoms with E-state index in [0.29, 0.717) is 11.3 Å². The topological polar surface area (TPSA) is 72.5 Å². The van der Waals surface area contributed by atoms with E-state index in [1.807, 2.05) is 42.5 Å². The summed E-state index contributed by atoms with van der Waals surface area (Å²) < 4.78 is 5.09. The molecule has 0 aliphatic rings. The molecule has 1 N–H and O–H groups in total. The zero-order valence-electron chi connectivity index (χ0n) is 14.9. The first-order chi connectivity index (χ1) is 13.0. The highest BCUT2D eigenvalue weighted by Crippen LogP contribution is 2.19. The van der Waals surface area contributed by atoms with Gasteiger partial charge in [-0.25, -0.2) is 0 Å². The number of benzene rings is 3.